The van der Waals surface area contributed by atoms with Crippen LogP contribution in [0.1, 0.15) is 0 Å². The number of hydrogen-bond acceptors (Lipinski definition) is 6. The van der Waals surface area contributed by atoms with E-state index in [1.165, 1.54) is 36.4 Å². The van der Waals surface area contributed by atoms with E-state index in [4.69, 9.17) is 8.60 Å². The van der Waals surface area contributed by atoms with Crippen LogP contribution >= 0.6 is 0 Å². The summed E-state index contributed by atoms with van der Waals surface area (Å²) < 4.78 is 47.6. The molecule has 3 rings (SSSR count). The van der Waals surface area contributed by atoms with E-state index in [2.05, 4.69) is 5.10 Å². The zero-order valence-electron chi connectivity index (χ0n) is 12.8. The molecule has 0 fully saturated rings. The Morgan fingerprint density at radius 2 is 1.76 bits per heavy atom. The number of benzene rings is 2. The molecular formula is C16H13FN2O5S. The van der Waals surface area contributed by atoms with Gasteiger partial charge in [0.15, 0.2) is 0 Å². The van der Waals surface area contributed by atoms with Crippen molar-refractivity contribution < 1.29 is 21.4 Å². The van der Waals surface area contributed by atoms with Gasteiger partial charge < -0.3 is 8.60 Å². The quantitative estimate of drug-likeness (QED) is 0.622. The highest BCUT2D eigenvalue weighted by molar-refractivity contribution is 7.87. The number of rotatable bonds is 6. The van der Waals surface area contributed by atoms with Crippen LogP contribution in [-0.4, -0.2) is 24.0 Å². The highest BCUT2D eigenvalue weighted by atomic mass is 32.2. The van der Waals surface area contributed by atoms with Crippen LogP contribution < -0.4 is 9.94 Å². The Morgan fingerprint density at radius 3 is 2.44 bits per heavy atom. The fraction of sp³-hybridized carbons (Fsp3) is 0.125. The van der Waals surface area contributed by atoms with Crippen molar-refractivity contribution in [3.05, 3.63) is 71.0 Å². The molecule has 0 bridgehead atoms. The molecule has 7 nitrogen and oxygen atoms in total. The molecule has 0 radical (unpaired) electrons. The number of para-hydroxylation sites is 1. The van der Waals surface area contributed by atoms with Gasteiger partial charge in [-0.25, -0.2) is 9.18 Å². The molecule has 0 N–H and O–H groups in total. The summed E-state index contributed by atoms with van der Waals surface area (Å²) in [6.07, 6.45) is 0. The second kappa shape index (κ2) is 6.89. The highest BCUT2D eigenvalue weighted by Crippen LogP contribution is 2.16. The van der Waals surface area contributed by atoms with Crippen LogP contribution in [0.25, 0.3) is 11.5 Å². The number of aryl methyl sites for hydroxylation is 1. The first-order valence-corrected chi connectivity index (χ1v) is 8.82. The third-order valence-electron chi connectivity index (χ3n) is 3.22. The minimum absolute atomic E-state index is 0.0219. The first-order chi connectivity index (χ1) is 11.9. The third kappa shape index (κ3) is 4.32. The van der Waals surface area contributed by atoms with Crippen molar-refractivity contribution in [3.8, 4) is 17.2 Å². The smallest absolute Gasteiger partial charge is 0.388 e. The highest BCUT2D eigenvalue weighted by Gasteiger charge is 2.16. The summed E-state index contributed by atoms with van der Waals surface area (Å²) in [5.41, 5.74) is 0.403. The van der Waals surface area contributed by atoms with Crippen molar-refractivity contribution in [1.29, 1.82) is 0 Å². The topological polar surface area (TPSA) is 91.4 Å². The zero-order chi connectivity index (χ0) is 17.9. The average molecular weight is 364 g/mol. The van der Waals surface area contributed by atoms with Gasteiger partial charge in [-0.1, -0.05) is 18.2 Å². The number of aromatic nitrogens is 2. The Kier molecular flexibility index (Phi) is 4.66. The van der Waals surface area contributed by atoms with E-state index in [1.54, 1.807) is 18.2 Å². The van der Waals surface area contributed by atoms with E-state index in [0.717, 1.165) is 4.68 Å². The largest absolute Gasteiger partial charge is 0.437 e. The molecule has 0 saturated carbocycles. The molecule has 0 amide bonds. The Balaban J connectivity index is 1.71. The maximum Gasteiger partial charge on any atom is 0.437 e. The fourth-order valence-corrected chi connectivity index (χ4v) is 2.90. The van der Waals surface area contributed by atoms with E-state index in [-0.39, 0.29) is 18.2 Å². The lowest BCUT2D eigenvalue weighted by molar-refractivity contribution is 0.467. The Bertz CT molecular complexity index is 1010. The molecule has 0 saturated heterocycles. The van der Waals surface area contributed by atoms with Gasteiger partial charge in [0.1, 0.15) is 17.3 Å². The minimum Gasteiger partial charge on any atom is -0.388 e. The number of hydrogen-bond donors (Lipinski definition) is 0. The number of halogens is 1. The van der Waals surface area contributed by atoms with Gasteiger partial charge in [0.05, 0.1) is 6.54 Å². The molecule has 9 heteroatoms. The Hall–Kier alpha value is -2.94. The summed E-state index contributed by atoms with van der Waals surface area (Å²) in [5.74, 6) is -1.55. The molecule has 0 atom stereocenters. The Morgan fingerprint density at radius 1 is 1.08 bits per heavy atom. The molecule has 1 aromatic heterocycles. The van der Waals surface area contributed by atoms with Gasteiger partial charge in [-0.15, -0.1) is 5.10 Å². The van der Waals surface area contributed by atoms with Crippen molar-refractivity contribution in [2.45, 2.75) is 6.54 Å². The van der Waals surface area contributed by atoms with Crippen molar-refractivity contribution in [2.24, 2.45) is 0 Å². The maximum absolute atomic E-state index is 12.9. The van der Waals surface area contributed by atoms with Gasteiger partial charge in [-0.3, -0.25) is 0 Å². The van der Waals surface area contributed by atoms with Gasteiger partial charge in [-0.05, 0) is 36.4 Å². The van der Waals surface area contributed by atoms with E-state index < -0.39 is 27.4 Å². The van der Waals surface area contributed by atoms with Crippen molar-refractivity contribution >= 4 is 10.1 Å². The van der Waals surface area contributed by atoms with Crippen LogP contribution in [0.3, 0.4) is 0 Å². The summed E-state index contributed by atoms with van der Waals surface area (Å²) in [7, 11) is -3.90. The van der Waals surface area contributed by atoms with Crippen molar-refractivity contribution in [3.63, 3.8) is 0 Å². The minimum atomic E-state index is -3.90. The normalized spacial score (nSPS) is 11.4. The molecule has 0 unspecified atom stereocenters. The molecule has 130 valence electrons. The lowest BCUT2D eigenvalue weighted by Crippen LogP contribution is -2.24. The predicted molar refractivity (Wildman–Crippen MR) is 87.0 cm³/mol. The van der Waals surface area contributed by atoms with Gasteiger partial charge in [-0.2, -0.15) is 13.1 Å². The SMILES string of the molecule is O=c1oc(-c2ccc(F)cc2)nn1CCS(=O)(=O)Oc1ccccc1. The second-order valence-electron chi connectivity index (χ2n) is 5.06. The van der Waals surface area contributed by atoms with Crippen LogP contribution in [0.5, 0.6) is 5.75 Å². The molecule has 0 aliphatic carbocycles. The van der Waals surface area contributed by atoms with E-state index in [9.17, 15) is 17.6 Å². The molecule has 1 heterocycles. The van der Waals surface area contributed by atoms with Crippen molar-refractivity contribution in [1.82, 2.24) is 9.78 Å². The first kappa shape index (κ1) is 16.9. The fourth-order valence-electron chi connectivity index (χ4n) is 2.02. The van der Waals surface area contributed by atoms with Gasteiger partial charge in [0, 0.05) is 5.56 Å². The van der Waals surface area contributed by atoms with Crippen molar-refractivity contribution in [2.75, 3.05) is 5.75 Å². The third-order valence-corrected chi connectivity index (χ3v) is 4.35. The summed E-state index contributed by atoms with van der Waals surface area (Å²) in [6, 6.07) is 13.2. The molecule has 3 aromatic rings. The average Bonchev–Trinajstić information content (AvgIpc) is 2.95. The lowest BCUT2D eigenvalue weighted by atomic mass is 10.2. The summed E-state index contributed by atoms with van der Waals surface area (Å²) in [4.78, 5) is 11.8. The second-order valence-corrected chi connectivity index (χ2v) is 6.75. The maximum atomic E-state index is 12.9. The number of nitrogens with zero attached hydrogens (tertiary/aromatic N) is 2. The van der Waals surface area contributed by atoms with E-state index >= 15 is 0 Å². The van der Waals surface area contributed by atoms with E-state index in [0.29, 0.717) is 5.56 Å². The molecule has 0 spiro atoms. The first-order valence-electron chi connectivity index (χ1n) is 7.24. The molecule has 0 aliphatic heterocycles. The standard InChI is InChI=1S/C16H13FN2O5S/c17-13-8-6-12(7-9-13)15-18-19(16(20)23-15)10-11-25(21,22)24-14-4-2-1-3-5-14/h1-9H,10-11H2. The van der Waals surface area contributed by atoms with Crippen LogP contribution in [0, 0.1) is 5.82 Å². The molecule has 25 heavy (non-hydrogen) atoms. The van der Waals surface area contributed by atoms with Gasteiger partial charge in [0.25, 0.3) is 0 Å². The zero-order valence-corrected chi connectivity index (χ0v) is 13.6. The lowest BCUT2D eigenvalue weighted by Gasteiger charge is -2.05. The molecule has 0 aliphatic rings. The van der Waals surface area contributed by atoms with E-state index in [1.807, 2.05) is 0 Å². The van der Waals surface area contributed by atoms with Crippen LogP contribution in [0.2, 0.25) is 0 Å². The molecule has 2 aromatic carbocycles. The monoisotopic (exact) mass is 364 g/mol. The van der Waals surface area contributed by atoms with Gasteiger partial charge in [0.2, 0.25) is 5.89 Å². The summed E-state index contributed by atoms with van der Waals surface area (Å²) in [6.45, 7) is -0.237. The van der Waals surface area contributed by atoms with Crippen LogP contribution in [-0.2, 0) is 16.7 Å². The Labute approximate surface area is 142 Å². The summed E-state index contributed by atoms with van der Waals surface area (Å²) in [5, 5.41) is 3.91. The van der Waals surface area contributed by atoms with Crippen LogP contribution in [0.4, 0.5) is 4.39 Å². The molecular weight excluding hydrogens is 351 g/mol. The predicted octanol–water partition coefficient (Wildman–Crippen LogP) is 2.05. The summed E-state index contributed by atoms with van der Waals surface area (Å²) >= 11 is 0. The van der Waals surface area contributed by atoms with Gasteiger partial charge >= 0.3 is 15.9 Å². The van der Waals surface area contributed by atoms with Crippen LogP contribution in [0.15, 0.2) is 63.8 Å².